The van der Waals surface area contributed by atoms with Gasteiger partial charge in [0.25, 0.3) is 11.8 Å². The van der Waals surface area contributed by atoms with E-state index < -0.39 is 5.82 Å². The molecule has 0 saturated carbocycles. The molecule has 2 heterocycles. The van der Waals surface area contributed by atoms with E-state index in [0.29, 0.717) is 64.4 Å². The first-order valence-electron chi connectivity index (χ1n) is 16.1. The highest BCUT2D eigenvalue weighted by Gasteiger charge is 2.39. The van der Waals surface area contributed by atoms with E-state index in [2.05, 4.69) is 26.0 Å². The molecule has 9 heteroatoms. The van der Waals surface area contributed by atoms with Gasteiger partial charge in [0.05, 0.1) is 28.8 Å². The molecule has 0 aromatic heterocycles. The van der Waals surface area contributed by atoms with Crippen molar-refractivity contribution in [3.8, 4) is 12.1 Å². The van der Waals surface area contributed by atoms with Crippen molar-refractivity contribution in [2.45, 2.75) is 78.3 Å². The van der Waals surface area contributed by atoms with E-state index in [0.717, 1.165) is 38.5 Å². The van der Waals surface area contributed by atoms with Crippen LogP contribution in [0, 0.1) is 28.5 Å². The van der Waals surface area contributed by atoms with Gasteiger partial charge < -0.3 is 0 Å². The number of amides is 2. The zero-order chi connectivity index (χ0) is 33.5. The fourth-order valence-electron chi connectivity index (χ4n) is 7.78. The Bertz CT molecular complexity index is 2350. The molecule has 0 N–H and O–H groups in total. The highest BCUT2D eigenvalue weighted by atomic mass is 32.1. The second-order valence-corrected chi connectivity index (χ2v) is 13.6. The van der Waals surface area contributed by atoms with Crippen LogP contribution in [0.4, 0.5) is 4.39 Å². The van der Waals surface area contributed by atoms with Gasteiger partial charge in [0.2, 0.25) is 0 Å². The SMILES string of the molecule is CCCC[C@H](C)N1C(=O)c2ccc3c4c(C#N)cc5c6c(cc(F)c(c7c(C#N)cc(c2c37)C1=S)c64)C(=O)N([C@@H](C)CCCC)C5=S. The summed E-state index contributed by atoms with van der Waals surface area (Å²) in [7, 11) is 0. The minimum Gasteiger partial charge on any atom is -0.296 e. The van der Waals surface area contributed by atoms with Gasteiger partial charge in [-0.3, -0.25) is 19.4 Å². The molecule has 0 radical (unpaired) electrons. The average molecular weight is 659 g/mol. The van der Waals surface area contributed by atoms with Crippen LogP contribution < -0.4 is 0 Å². The smallest absolute Gasteiger partial charge is 0.259 e. The van der Waals surface area contributed by atoms with Crippen molar-refractivity contribution in [2.24, 2.45) is 0 Å². The van der Waals surface area contributed by atoms with Gasteiger partial charge >= 0.3 is 0 Å². The van der Waals surface area contributed by atoms with Crippen LogP contribution in [0.25, 0.3) is 43.1 Å². The minimum absolute atomic E-state index is 0.130. The fraction of sp³-hybridized carbons (Fsp3) is 0.316. The van der Waals surface area contributed by atoms with E-state index in [1.807, 2.05) is 13.8 Å². The van der Waals surface area contributed by atoms with Crippen molar-refractivity contribution in [2.75, 3.05) is 0 Å². The number of hydrogen-bond donors (Lipinski definition) is 0. The molecule has 2 atom stereocenters. The molecule has 2 amide bonds. The summed E-state index contributed by atoms with van der Waals surface area (Å²) < 4.78 is 16.8. The Hall–Kier alpha value is -4.57. The predicted molar refractivity (Wildman–Crippen MR) is 191 cm³/mol. The summed E-state index contributed by atoms with van der Waals surface area (Å²) in [6, 6.07) is 12.4. The van der Waals surface area contributed by atoms with Crippen LogP contribution in [0.2, 0.25) is 0 Å². The first kappa shape index (κ1) is 31.1. The molecule has 6 nitrogen and oxygen atoms in total. The molecule has 0 bridgehead atoms. The lowest BCUT2D eigenvalue weighted by molar-refractivity contribution is 0.0798. The molecule has 0 saturated heterocycles. The molecule has 234 valence electrons. The highest BCUT2D eigenvalue weighted by molar-refractivity contribution is 7.81. The van der Waals surface area contributed by atoms with E-state index in [4.69, 9.17) is 24.4 Å². The van der Waals surface area contributed by atoms with Crippen LogP contribution in [0.1, 0.15) is 109 Å². The summed E-state index contributed by atoms with van der Waals surface area (Å²) in [4.78, 5) is 32.0. The normalized spacial score (nSPS) is 15.7. The van der Waals surface area contributed by atoms with Crippen molar-refractivity contribution in [1.82, 2.24) is 9.80 Å². The highest BCUT2D eigenvalue weighted by Crippen LogP contribution is 2.49. The second-order valence-electron chi connectivity index (χ2n) is 12.8. The van der Waals surface area contributed by atoms with Crippen LogP contribution in [0.3, 0.4) is 0 Å². The summed E-state index contributed by atoms with van der Waals surface area (Å²) in [6.45, 7) is 8.07. The summed E-state index contributed by atoms with van der Waals surface area (Å²) in [6.07, 6.45) is 5.25. The Labute approximate surface area is 282 Å². The number of rotatable bonds is 8. The lowest BCUT2D eigenvalue weighted by Crippen LogP contribution is -2.45. The van der Waals surface area contributed by atoms with Crippen molar-refractivity contribution in [1.29, 1.82) is 10.5 Å². The van der Waals surface area contributed by atoms with Crippen molar-refractivity contribution < 1.29 is 14.0 Å². The van der Waals surface area contributed by atoms with Crippen molar-refractivity contribution in [3.63, 3.8) is 0 Å². The van der Waals surface area contributed by atoms with Crippen LogP contribution in [0.15, 0.2) is 30.3 Å². The molecule has 2 aliphatic heterocycles. The van der Waals surface area contributed by atoms with E-state index in [-0.39, 0.29) is 46.0 Å². The molecule has 5 aromatic rings. The Morgan fingerprint density at radius 3 is 1.72 bits per heavy atom. The lowest BCUT2D eigenvalue weighted by Gasteiger charge is -2.36. The Balaban J connectivity index is 1.62. The number of nitriles is 2. The molecule has 7 rings (SSSR count). The first-order valence-corrected chi connectivity index (χ1v) is 17.0. The van der Waals surface area contributed by atoms with Gasteiger partial charge in [-0.05, 0) is 56.3 Å². The van der Waals surface area contributed by atoms with Gasteiger partial charge in [-0.1, -0.05) is 70.0 Å². The Kier molecular flexibility index (Phi) is 7.46. The maximum atomic E-state index is 16.8. The second kappa shape index (κ2) is 11.3. The van der Waals surface area contributed by atoms with E-state index in [1.54, 1.807) is 34.1 Å². The monoisotopic (exact) mass is 658 g/mol. The van der Waals surface area contributed by atoms with Crippen LogP contribution >= 0.6 is 24.4 Å². The van der Waals surface area contributed by atoms with Crippen molar-refractivity contribution >= 4 is 89.3 Å². The maximum Gasteiger partial charge on any atom is 0.259 e. The number of carbonyl (C=O) groups is 2. The summed E-state index contributed by atoms with van der Waals surface area (Å²) >= 11 is 11.9. The predicted octanol–water partition coefficient (Wildman–Crippen LogP) is 9.04. The average Bonchev–Trinajstić information content (AvgIpc) is 3.06. The molecule has 5 aromatic carbocycles. The summed E-state index contributed by atoms with van der Waals surface area (Å²) in [5.74, 6) is -1.30. The van der Waals surface area contributed by atoms with Gasteiger partial charge in [-0.25, -0.2) is 4.39 Å². The van der Waals surface area contributed by atoms with Crippen molar-refractivity contribution in [3.05, 3.63) is 69.5 Å². The third kappa shape index (κ3) is 4.16. The molecule has 0 spiro atoms. The number of benzene rings is 5. The minimum atomic E-state index is -0.681. The van der Waals surface area contributed by atoms with Crippen LogP contribution in [-0.4, -0.2) is 43.7 Å². The molecular weight excluding hydrogens is 628 g/mol. The number of unbranched alkanes of at least 4 members (excludes halogenated alkanes) is 2. The Morgan fingerprint density at radius 1 is 0.681 bits per heavy atom. The number of halogens is 1. The number of nitrogens with zero attached hydrogens (tertiary/aromatic N) is 4. The number of carbonyl (C=O) groups excluding carboxylic acids is 2. The number of hydrogen-bond acceptors (Lipinski definition) is 6. The molecule has 47 heavy (non-hydrogen) atoms. The zero-order valence-electron chi connectivity index (χ0n) is 26.6. The quantitative estimate of drug-likeness (QED) is 0.0939. The van der Waals surface area contributed by atoms with E-state index in [1.165, 1.54) is 6.07 Å². The molecule has 0 aliphatic carbocycles. The first-order chi connectivity index (χ1) is 22.6. The molecular formula is C38H31FN4O2S2. The van der Waals surface area contributed by atoms with Crippen LogP contribution in [-0.2, 0) is 0 Å². The zero-order valence-corrected chi connectivity index (χ0v) is 28.2. The third-order valence-corrected chi connectivity index (χ3v) is 10.9. The van der Waals surface area contributed by atoms with E-state index >= 15 is 4.39 Å². The molecule has 2 aliphatic rings. The Morgan fingerprint density at radius 2 is 1.19 bits per heavy atom. The van der Waals surface area contributed by atoms with Gasteiger partial charge in [-0.2, -0.15) is 10.5 Å². The number of fused-ring (bicyclic) bond motifs is 2. The van der Waals surface area contributed by atoms with Gasteiger partial charge in [-0.15, -0.1) is 0 Å². The maximum absolute atomic E-state index is 16.8. The number of thiocarbonyl (C=S) groups is 2. The van der Waals surface area contributed by atoms with Gasteiger partial charge in [0.1, 0.15) is 15.8 Å². The summed E-state index contributed by atoms with van der Waals surface area (Å²) in [5, 5.41) is 24.5. The summed E-state index contributed by atoms with van der Waals surface area (Å²) in [5.41, 5.74) is 2.16. The van der Waals surface area contributed by atoms with Crippen LogP contribution in [0.5, 0.6) is 0 Å². The standard InChI is InChI=1S/C38H31FN4O2S2/c1-5-7-9-18(3)42-35(44)23-12-11-22-28-20(16-40)13-26-31-24(36(45)43(38(26)47)19(4)10-8-6-2)15-27(39)33(34(28)31)29-21(17-41)14-25(37(42)46)30(23)32(22)29/h11-15,18-19H,5-10H2,1-4H3/t18-,19-/m0/s1. The molecule has 0 fully saturated rings. The fourth-order valence-corrected chi connectivity index (χ4v) is 8.63. The van der Waals surface area contributed by atoms with Gasteiger partial charge in [0, 0.05) is 66.5 Å². The largest absolute Gasteiger partial charge is 0.296 e. The lowest BCUT2D eigenvalue weighted by atomic mass is 9.79. The van der Waals surface area contributed by atoms with Gasteiger partial charge in [0.15, 0.2) is 0 Å². The molecule has 0 unspecified atom stereocenters. The topological polar surface area (TPSA) is 88.2 Å². The van der Waals surface area contributed by atoms with E-state index in [9.17, 15) is 20.1 Å². The third-order valence-electron chi connectivity index (χ3n) is 10.0.